The molecule has 1 amide bonds. The number of aliphatic hydroxyl groups is 1. The number of nitrogens with zero attached hydrogens (tertiary/aromatic N) is 4. The van der Waals surface area contributed by atoms with Crippen LogP contribution in [0.5, 0.6) is 5.88 Å². The van der Waals surface area contributed by atoms with Gasteiger partial charge in [0.15, 0.2) is 0 Å². The molecule has 3 aromatic rings. The molecule has 1 N–H and O–H groups in total. The number of aromatic nitrogens is 2. The molecule has 0 unspecified atom stereocenters. The summed E-state index contributed by atoms with van der Waals surface area (Å²) >= 11 is 0. The van der Waals surface area contributed by atoms with Gasteiger partial charge in [-0.05, 0) is 49.9 Å². The Balaban J connectivity index is 1.61. The Morgan fingerprint density at radius 2 is 1.97 bits per heavy atom. The first kappa shape index (κ1) is 26.3. The number of hydrogen-bond acceptors (Lipinski definition) is 6. The Bertz CT molecular complexity index is 1270. The highest BCUT2D eigenvalue weighted by Gasteiger charge is 2.34. The lowest BCUT2D eigenvalue weighted by Gasteiger charge is -2.37. The molecule has 192 valence electrons. The van der Waals surface area contributed by atoms with Crippen molar-refractivity contribution < 1.29 is 19.0 Å². The average molecular weight is 503 g/mol. The van der Waals surface area contributed by atoms with E-state index in [1.165, 1.54) is 12.1 Å². The van der Waals surface area contributed by atoms with E-state index in [2.05, 4.69) is 26.7 Å². The Hall–Kier alpha value is -3.80. The molecule has 0 radical (unpaired) electrons. The lowest BCUT2D eigenvalue weighted by Crippen LogP contribution is -2.49. The first-order chi connectivity index (χ1) is 17.8. The minimum atomic E-state index is -0.372. The topological polar surface area (TPSA) is 78.8 Å². The van der Waals surface area contributed by atoms with Crippen LogP contribution in [0.2, 0.25) is 0 Å². The number of pyridine rings is 2. The van der Waals surface area contributed by atoms with Crippen molar-refractivity contribution in [3.05, 3.63) is 89.1 Å². The van der Waals surface area contributed by atoms with Gasteiger partial charge in [0.25, 0.3) is 5.91 Å². The summed E-state index contributed by atoms with van der Waals surface area (Å²) in [5.41, 5.74) is 2.64. The number of ether oxygens (including phenoxy) is 1. The fraction of sp³-hybridized carbons (Fsp3) is 0.345. The Morgan fingerprint density at radius 1 is 1.22 bits per heavy atom. The van der Waals surface area contributed by atoms with Gasteiger partial charge in [-0.15, -0.1) is 0 Å². The SMILES string of the molecule is C[C@H]1CN([C@@H](C)CO)C(=O)c2cc(C#Cc3cccnc3)cnc2O[C@@H]1CN(C)Cc1ccc(F)cc1. The largest absolute Gasteiger partial charge is 0.472 e. The van der Waals surface area contributed by atoms with E-state index in [9.17, 15) is 14.3 Å². The molecule has 1 aliphatic heterocycles. The molecule has 0 bridgehead atoms. The van der Waals surface area contributed by atoms with Crippen LogP contribution in [0.25, 0.3) is 0 Å². The molecule has 2 aromatic heterocycles. The van der Waals surface area contributed by atoms with E-state index < -0.39 is 0 Å². The van der Waals surface area contributed by atoms with Gasteiger partial charge >= 0.3 is 0 Å². The molecule has 1 aromatic carbocycles. The molecule has 3 heterocycles. The second kappa shape index (κ2) is 12.0. The van der Waals surface area contributed by atoms with Crippen LogP contribution >= 0.6 is 0 Å². The van der Waals surface area contributed by atoms with Crippen LogP contribution in [-0.4, -0.2) is 69.7 Å². The molecule has 7 nitrogen and oxygen atoms in total. The number of halogens is 1. The smallest absolute Gasteiger partial charge is 0.259 e. The first-order valence-electron chi connectivity index (χ1n) is 12.3. The van der Waals surface area contributed by atoms with Crippen molar-refractivity contribution in [1.29, 1.82) is 0 Å². The average Bonchev–Trinajstić information content (AvgIpc) is 2.91. The summed E-state index contributed by atoms with van der Waals surface area (Å²) in [6.45, 7) is 5.29. The third kappa shape index (κ3) is 6.70. The van der Waals surface area contributed by atoms with Crippen molar-refractivity contribution in [2.24, 2.45) is 5.92 Å². The highest BCUT2D eigenvalue weighted by molar-refractivity contribution is 5.97. The minimum absolute atomic E-state index is 0.0337. The summed E-state index contributed by atoms with van der Waals surface area (Å²) in [6.07, 6.45) is 4.67. The van der Waals surface area contributed by atoms with E-state index in [0.717, 1.165) is 11.1 Å². The molecule has 8 heteroatoms. The summed E-state index contributed by atoms with van der Waals surface area (Å²) in [7, 11) is 1.98. The van der Waals surface area contributed by atoms with Crippen LogP contribution in [0.1, 0.15) is 40.9 Å². The zero-order chi connectivity index (χ0) is 26.4. The Kier molecular flexibility index (Phi) is 8.49. The van der Waals surface area contributed by atoms with Crippen molar-refractivity contribution in [3.8, 4) is 17.7 Å². The number of carbonyl (C=O) groups is 1. The third-order valence-corrected chi connectivity index (χ3v) is 6.39. The molecule has 3 atom stereocenters. The van der Waals surface area contributed by atoms with Crippen molar-refractivity contribution in [2.45, 2.75) is 32.5 Å². The molecule has 0 spiro atoms. The summed E-state index contributed by atoms with van der Waals surface area (Å²) in [6, 6.07) is 11.4. The summed E-state index contributed by atoms with van der Waals surface area (Å²) in [5.74, 6) is 5.78. The fourth-order valence-corrected chi connectivity index (χ4v) is 4.24. The molecular formula is C29H31FN4O3. The number of aliphatic hydroxyl groups excluding tert-OH is 1. The van der Waals surface area contributed by atoms with Crippen LogP contribution in [0.4, 0.5) is 4.39 Å². The van der Waals surface area contributed by atoms with Gasteiger partial charge < -0.3 is 14.7 Å². The molecule has 0 aliphatic carbocycles. The summed E-state index contributed by atoms with van der Waals surface area (Å²) in [4.78, 5) is 25.9. The monoisotopic (exact) mass is 502 g/mol. The van der Waals surface area contributed by atoms with Gasteiger partial charge in [0.2, 0.25) is 5.88 Å². The molecule has 0 saturated heterocycles. The van der Waals surface area contributed by atoms with E-state index in [0.29, 0.717) is 30.8 Å². The molecule has 37 heavy (non-hydrogen) atoms. The standard InChI is InChI=1S/C29H31FN4O3/c1-20-16-34(21(2)19-35)29(36)26-13-24(7-6-22-5-4-12-31-14-22)15-32-28(26)37-27(20)18-33(3)17-23-8-10-25(30)11-9-23/h4-5,8-15,20-21,27,35H,16-19H2,1-3H3/t20-,21-,27+/m0/s1. The van der Waals surface area contributed by atoms with Crippen LogP contribution in [0.3, 0.4) is 0 Å². The number of fused-ring (bicyclic) bond motifs is 1. The predicted octanol–water partition coefficient (Wildman–Crippen LogP) is 3.37. The van der Waals surface area contributed by atoms with Crippen LogP contribution < -0.4 is 4.74 Å². The number of likely N-dealkylation sites (N-methyl/N-ethyl adjacent to an activating group) is 1. The number of carbonyl (C=O) groups excluding carboxylic acids is 1. The van der Waals surface area contributed by atoms with Gasteiger partial charge in [-0.1, -0.05) is 30.9 Å². The third-order valence-electron chi connectivity index (χ3n) is 6.39. The molecule has 4 rings (SSSR count). The normalized spacial score (nSPS) is 18.2. The molecular weight excluding hydrogens is 471 g/mol. The van der Waals surface area contributed by atoms with Gasteiger partial charge in [0, 0.05) is 55.3 Å². The highest BCUT2D eigenvalue weighted by atomic mass is 19.1. The van der Waals surface area contributed by atoms with Crippen molar-refractivity contribution in [3.63, 3.8) is 0 Å². The highest BCUT2D eigenvalue weighted by Crippen LogP contribution is 2.27. The molecule has 0 fully saturated rings. The zero-order valence-electron chi connectivity index (χ0n) is 21.3. The summed E-state index contributed by atoms with van der Waals surface area (Å²) < 4.78 is 19.6. The van der Waals surface area contributed by atoms with E-state index in [1.807, 2.05) is 33.0 Å². The van der Waals surface area contributed by atoms with Crippen molar-refractivity contribution in [2.75, 3.05) is 26.7 Å². The van der Waals surface area contributed by atoms with Gasteiger partial charge in [0.1, 0.15) is 17.5 Å². The summed E-state index contributed by atoms with van der Waals surface area (Å²) in [5, 5.41) is 9.86. The Labute approximate surface area is 216 Å². The minimum Gasteiger partial charge on any atom is -0.472 e. The van der Waals surface area contributed by atoms with E-state index in [-0.39, 0.29) is 42.3 Å². The number of benzene rings is 1. The number of hydrogen-bond donors (Lipinski definition) is 1. The maximum Gasteiger partial charge on any atom is 0.259 e. The fourth-order valence-electron chi connectivity index (χ4n) is 4.24. The van der Waals surface area contributed by atoms with Gasteiger partial charge in [-0.3, -0.25) is 14.7 Å². The maximum atomic E-state index is 13.6. The van der Waals surface area contributed by atoms with E-state index in [4.69, 9.17) is 4.74 Å². The van der Waals surface area contributed by atoms with Crippen LogP contribution in [0.15, 0.2) is 61.1 Å². The second-order valence-corrected chi connectivity index (χ2v) is 9.51. The van der Waals surface area contributed by atoms with E-state index >= 15 is 0 Å². The molecule has 0 saturated carbocycles. The molecule has 1 aliphatic rings. The number of amides is 1. The lowest BCUT2D eigenvalue weighted by molar-refractivity contribution is 0.0325. The number of rotatable bonds is 6. The maximum absolute atomic E-state index is 13.6. The van der Waals surface area contributed by atoms with Crippen LogP contribution in [-0.2, 0) is 6.54 Å². The second-order valence-electron chi connectivity index (χ2n) is 9.51. The van der Waals surface area contributed by atoms with Crippen LogP contribution in [0, 0.1) is 23.6 Å². The van der Waals surface area contributed by atoms with Gasteiger partial charge in [-0.2, -0.15) is 0 Å². The predicted molar refractivity (Wildman–Crippen MR) is 138 cm³/mol. The first-order valence-corrected chi connectivity index (χ1v) is 12.3. The quantitative estimate of drug-likeness (QED) is 0.521. The lowest BCUT2D eigenvalue weighted by atomic mass is 9.99. The van der Waals surface area contributed by atoms with Crippen molar-refractivity contribution >= 4 is 5.91 Å². The Morgan fingerprint density at radius 3 is 2.68 bits per heavy atom. The van der Waals surface area contributed by atoms with Gasteiger partial charge in [-0.25, -0.2) is 9.37 Å². The van der Waals surface area contributed by atoms with E-state index in [1.54, 1.807) is 41.7 Å². The van der Waals surface area contributed by atoms with Crippen molar-refractivity contribution in [1.82, 2.24) is 19.8 Å². The zero-order valence-corrected chi connectivity index (χ0v) is 21.3. The van der Waals surface area contributed by atoms with Gasteiger partial charge in [0.05, 0.1) is 12.6 Å².